The van der Waals surface area contributed by atoms with E-state index >= 15 is 0 Å². The highest BCUT2D eigenvalue weighted by molar-refractivity contribution is 6.33. The molecule has 0 aromatic heterocycles. The molecule has 2 atom stereocenters. The Morgan fingerprint density at radius 2 is 2.13 bits per heavy atom. The van der Waals surface area contributed by atoms with Crippen molar-refractivity contribution in [1.82, 2.24) is 5.32 Å². The van der Waals surface area contributed by atoms with Crippen molar-refractivity contribution < 1.29 is 13.9 Å². The predicted molar refractivity (Wildman–Crippen MR) is 90.4 cm³/mol. The van der Waals surface area contributed by atoms with Crippen LogP contribution in [-0.2, 0) is 4.74 Å². The van der Waals surface area contributed by atoms with Crippen molar-refractivity contribution in [2.45, 2.75) is 51.7 Å². The number of anilines is 1. The maximum Gasteiger partial charge on any atom is 0.407 e. The van der Waals surface area contributed by atoms with E-state index in [1.165, 1.54) is 12.1 Å². The van der Waals surface area contributed by atoms with Crippen LogP contribution in [0.15, 0.2) is 18.2 Å². The van der Waals surface area contributed by atoms with E-state index in [0.717, 1.165) is 24.9 Å². The molecule has 2 rings (SSSR count). The van der Waals surface area contributed by atoms with Crippen molar-refractivity contribution in [2.24, 2.45) is 5.92 Å². The summed E-state index contributed by atoms with van der Waals surface area (Å²) < 4.78 is 18.4. The molecule has 1 aromatic rings. The second-order valence-electron chi connectivity index (χ2n) is 6.95. The van der Waals surface area contributed by atoms with Crippen LogP contribution in [0.25, 0.3) is 0 Å². The molecule has 0 heterocycles. The van der Waals surface area contributed by atoms with E-state index in [2.05, 4.69) is 10.6 Å². The first kappa shape index (κ1) is 17.9. The number of carbonyl (C=O) groups is 1. The molecular formula is C17H24ClFN2O2. The van der Waals surface area contributed by atoms with Crippen molar-refractivity contribution >= 4 is 23.4 Å². The van der Waals surface area contributed by atoms with Crippen LogP contribution in [0.5, 0.6) is 0 Å². The number of carbonyl (C=O) groups excluding carboxylic acids is 1. The minimum Gasteiger partial charge on any atom is -0.444 e. The van der Waals surface area contributed by atoms with E-state index in [1.807, 2.05) is 20.8 Å². The molecule has 0 radical (unpaired) electrons. The molecule has 2 N–H and O–H groups in total. The molecule has 23 heavy (non-hydrogen) atoms. The van der Waals surface area contributed by atoms with E-state index in [4.69, 9.17) is 16.3 Å². The monoisotopic (exact) mass is 342 g/mol. The molecule has 2 unspecified atom stereocenters. The first-order valence-corrected chi connectivity index (χ1v) is 8.31. The molecule has 0 spiro atoms. The standard InChI is InChI=1S/C17H24ClFN2O2/c1-17(2,3)23-16(22)20-10-11-5-4-6-14(11)21-15-8-7-12(19)9-13(15)18/h7-9,11,14,21H,4-6,10H2,1-3H3,(H,20,22). The molecule has 1 amide bonds. The zero-order valence-corrected chi connectivity index (χ0v) is 14.5. The van der Waals surface area contributed by atoms with Crippen LogP contribution in [0.3, 0.4) is 0 Å². The van der Waals surface area contributed by atoms with Gasteiger partial charge in [0.25, 0.3) is 0 Å². The van der Waals surface area contributed by atoms with Gasteiger partial charge >= 0.3 is 6.09 Å². The maximum atomic E-state index is 13.1. The van der Waals surface area contributed by atoms with E-state index in [1.54, 1.807) is 6.07 Å². The second kappa shape index (κ2) is 7.39. The molecule has 4 nitrogen and oxygen atoms in total. The molecule has 0 aliphatic heterocycles. The van der Waals surface area contributed by atoms with Gasteiger partial charge in [-0.05, 0) is 57.7 Å². The number of hydrogen-bond acceptors (Lipinski definition) is 3. The Hall–Kier alpha value is -1.49. The number of hydrogen-bond donors (Lipinski definition) is 2. The Balaban J connectivity index is 1.89. The molecule has 0 bridgehead atoms. The van der Waals surface area contributed by atoms with Gasteiger partial charge in [-0.1, -0.05) is 18.0 Å². The Kier molecular flexibility index (Phi) is 5.74. The number of halogens is 2. The van der Waals surface area contributed by atoms with Crippen molar-refractivity contribution in [2.75, 3.05) is 11.9 Å². The van der Waals surface area contributed by atoms with Crippen molar-refractivity contribution in [3.05, 3.63) is 29.0 Å². The van der Waals surface area contributed by atoms with E-state index in [9.17, 15) is 9.18 Å². The minimum absolute atomic E-state index is 0.202. The SMILES string of the molecule is CC(C)(C)OC(=O)NCC1CCCC1Nc1ccc(F)cc1Cl. The predicted octanol–water partition coefficient (Wildman–Crippen LogP) is 4.58. The average molecular weight is 343 g/mol. The van der Waals surface area contributed by atoms with Crippen LogP contribution in [-0.4, -0.2) is 24.3 Å². The van der Waals surface area contributed by atoms with E-state index in [-0.39, 0.29) is 11.9 Å². The maximum absolute atomic E-state index is 13.1. The van der Waals surface area contributed by atoms with Gasteiger partial charge in [0.05, 0.1) is 10.7 Å². The number of benzene rings is 1. The van der Waals surface area contributed by atoms with Gasteiger partial charge in [-0.3, -0.25) is 0 Å². The molecule has 1 aromatic carbocycles. The Labute approximate surface area is 141 Å². The first-order valence-electron chi connectivity index (χ1n) is 7.93. The van der Waals surface area contributed by atoms with Crippen LogP contribution in [0.2, 0.25) is 5.02 Å². The summed E-state index contributed by atoms with van der Waals surface area (Å²) in [4.78, 5) is 11.8. The van der Waals surface area contributed by atoms with Crippen LogP contribution < -0.4 is 10.6 Å². The van der Waals surface area contributed by atoms with Gasteiger partial charge in [0.15, 0.2) is 0 Å². The number of ether oxygens (including phenoxy) is 1. The first-order chi connectivity index (χ1) is 10.7. The summed E-state index contributed by atoms with van der Waals surface area (Å²) in [5.41, 5.74) is 0.223. The number of rotatable bonds is 4. The highest BCUT2D eigenvalue weighted by Crippen LogP contribution is 2.31. The third kappa shape index (κ3) is 5.57. The summed E-state index contributed by atoms with van der Waals surface area (Å²) in [6.07, 6.45) is 2.70. The number of nitrogens with one attached hydrogen (secondary N) is 2. The topological polar surface area (TPSA) is 50.4 Å². The fraction of sp³-hybridized carbons (Fsp3) is 0.588. The third-order valence-corrected chi connectivity index (χ3v) is 4.15. The lowest BCUT2D eigenvalue weighted by molar-refractivity contribution is 0.0519. The molecule has 6 heteroatoms. The lowest BCUT2D eigenvalue weighted by Crippen LogP contribution is -2.38. The van der Waals surface area contributed by atoms with Crippen LogP contribution in [0.1, 0.15) is 40.0 Å². The molecule has 1 aliphatic carbocycles. The van der Waals surface area contributed by atoms with Crippen molar-refractivity contribution in [3.8, 4) is 0 Å². The zero-order chi connectivity index (χ0) is 17.0. The number of amides is 1. The molecule has 1 aliphatic rings. The van der Waals surface area contributed by atoms with Gasteiger partial charge in [0.2, 0.25) is 0 Å². The summed E-state index contributed by atoms with van der Waals surface area (Å²) in [6, 6.07) is 4.53. The molecule has 0 saturated heterocycles. The quantitative estimate of drug-likeness (QED) is 0.841. The fourth-order valence-corrected chi connectivity index (χ4v) is 3.03. The third-order valence-electron chi connectivity index (χ3n) is 3.84. The summed E-state index contributed by atoms with van der Waals surface area (Å²) >= 11 is 6.06. The highest BCUT2D eigenvalue weighted by Gasteiger charge is 2.28. The van der Waals surface area contributed by atoms with Crippen LogP contribution in [0, 0.1) is 11.7 Å². The van der Waals surface area contributed by atoms with Gasteiger partial charge in [0, 0.05) is 12.6 Å². The molecule has 128 valence electrons. The second-order valence-corrected chi connectivity index (χ2v) is 7.36. The van der Waals surface area contributed by atoms with Crippen LogP contribution >= 0.6 is 11.6 Å². The van der Waals surface area contributed by atoms with Gasteiger partial charge in [-0.15, -0.1) is 0 Å². The van der Waals surface area contributed by atoms with E-state index < -0.39 is 11.7 Å². The lowest BCUT2D eigenvalue weighted by Gasteiger charge is -2.24. The average Bonchev–Trinajstić information content (AvgIpc) is 2.85. The van der Waals surface area contributed by atoms with Gasteiger partial charge in [-0.2, -0.15) is 0 Å². The van der Waals surface area contributed by atoms with Gasteiger partial charge < -0.3 is 15.4 Å². The Bertz CT molecular complexity index is 560. The summed E-state index contributed by atoms with van der Waals surface area (Å²) in [7, 11) is 0. The summed E-state index contributed by atoms with van der Waals surface area (Å²) in [5, 5.41) is 6.57. The van der Waals surface area contributed by atoms with Crippen LogP contribution in [0.4, 0.5) is 14.9 Å². The summed E-state index contributed by atoms with van der Waals surface area (Å²) in [5.74, 6) is -0.0567. The number of alkyl carbamates (subject to hydrolysis) is 1. The normalized spacial score (nSPS) is 21.1. The Morgan fingerprint density at radius 1 is 1.39 bits per heavy atom. The van der Waals surface area contributed by atoms with Crippen molar-refractivity contribution in [1.29, 1.82) is 0 Å². The zero-order valence-electron chi connectivity index (χ0n) is 13.8. The largest absolute Gasteiger partial charge is 0.444 e. The van der Waals surface area contributed by atoms with Gasteiger partial charge in [0.1, 0.15) is 11.4 Å². The molecule has 1 fully saturated rings. The van der Waals surface area contributed by atoms with Crippen molar-refractivity contribution in [3.63, 3.8) is 0 Å². The van der Waals surface area contributed by atoms with E-state index in [0.29, 0.717) is 17.5 Å². The summed E-state index contributed by atoms with van der Waals surface area (Å²) in [6.45, 7) is 6.06. The lowest BCUT2D eigenvalue weighted by atomic mass is 10.0. The smallest absolute Gasteiger partial charge is 0.407 e. The molecular weight excluding hydrogens is 319 g/mol. The highest BCUT2D eigenvalue weighted by atomic mass is 35.5. The Morgan fingerprint density at radius 3 is 2.78 bits per heavy atom. The van der Waals surface area contributed by atoms with Gasteiger partial charge in [-0.25, -0.2) is 9.18 Å². The fourth-order valence-electron chi connectivity index (χ4n) is 2.81. The minimum atomic E-state index is -0.501. The molecule has 1 saturated carbocycles.